The van der Waals surface area contributed by atoms with E-state index in [4.69, 9.17) is 16.3 Å². The topological polar surface area (TPSA) is 34.2 Å². The second-order valence-corrected chi connectivity index (χ2v) is 6.05. The smallest absolute Gasteiger partial charge is 0.131 e. The Balaban J connectivity index is 1.78. The SMILES string of the molecule is CC1(C)Cc2cccc(CNc3ccnc(Cl)c3)c2O1. The number of para-hydroxylation sites is 1. The van der Waals surface area contributed by atoms with Crippen molar-refractivity contribution in [2.24, 2.45) is 0 Å². The van der Waals surface area contributed by atoms with Gasteiger partial charge in [0.2, 0.25) is 0 Å². The highest BCUT2D eigenvalue weighted by Crippen LogP contribution is 2.37. The molecule has 0 amide bonds. The van der Waals surface area contributed by atoms with Crippen molar-refractivity contribution in [1.29, 1.82) is 0 Å². The quantitative estimate of drug-likeness (QED) is 0.865. The van der Waals surface area contributed by atoms with Gasteiger partial charge in [-0.25, -0.2) is 4.98 Å². The van der Waals surface area contributed by atoms with Gasteiger partial charge in [-0.05, 0) is 31.5 Å². The van der Waals surface area contributed by atoms with E-state index in [-0.39, 0.29) is 5.60 Å². The van der Waals surface area contributed by atoms with Gasteiger partial charge in [0.15, 0.2) is 0 Å². The fraction of sp³-hybridized carbons (Fsp3) is 0.312. The molecule has 3 rings (SSSR count). The molecule has 2 heterocycles. The number of ether oxygens (including phenoxy) is 1. The lowest BCUT2D eigenvalue weighted by Gasteiger charge is -2.18. The summed E-state index contributed by atoms with van der Waals surface area (Å²) in [6.45, 7) is 4.94. The highest BCUT2D eigenvalue weighted by atomic mass is 35.5. The van der Waals surface area contributed by atoms with Gasteiger partial charge in [0.25, 0.3) is 0 Å². The van der Waals surface area contributed by atoms with Gasteiger partial charge >= 0.3 is 0 Å². The largest absolute Gasteiger partial charge is 0.487 e. The van der Waals surface area contributed by atoms with Gasteiger partial charge in [-0.15, -0.1) is 0 Å². The van der Waals surface area contributed by atoms with Gasteiger partial charge in [-0.3, -0.25) is 0 Å². The van der Waals surface area contributed by atoms with Crippen LogP contribution in [0.15, 0.2) is 36.5 Å². The molecule has 1 aliphatic rings. The van der Waals surface area contributed by atoms with E-state index in [0.717, 1.165) is 17.9 Å². The lowest BCUT2D eigenvalue weighted by Crippen LogP contribution is -2.25. The van der Waals surface area contributed by atoms with Crippen molar-refractivity contribution in [3.8, 4) is 5.75 Å². The first-order chi connectivity index (χ1) is 9.53. The van der Waals surface area contributed by atoms with Gasteiger partial charge in [-0.2, -0.15) is 0 Å². The molecule has 0 saturated heterocycles. The Morgan fingerprint density at radius 1 is 1.35 bits per heavy atom. The number of fused-ring (bicyclic) bond motifs is 1. The maximum Gasteiger partial charge on any atom is 0.131 e. The minimum Gasteiger partial charge on any atom is -0.487 e. The zero-order valence-electron chi connectivity index (χ0n) is 11.6. The van der Waals surface area contributed by atoms with Crippen LogP contribution in [-0.2, 0) is 13.0 Å². The van der Waals surface area contributed by atoms with Crippen molar-refractivity contribution in [3.63, 3.8) is 0 Å². The van der Waals surface area contributed by atoms with Crippen LogP contribution in [0.2, 0.25) is 5.15 Å². The molecule has 1 N–H and O–H groups in total. The molecule has 104 valence electrons. The maximum atomic E-state index is 6.06. The molecule has 20 heavy (non-hydrogen) atoms. The monoisotopic (exact) mass is 288 g/mol. The zero-order chi connectivity index (χ0) is 14.2. The number of anilines is 1. The first-order valence-electron chi connectivity index (χ1n) is 6.69. The van der Waals surface area contributed by atoms with Crippen LogP contribution in [0.4, 0.5) is 5.69 Å². The van der Waals surface area contributed by atoms with Crippen LogP contribution in [0.5, 0.6) is 5.75 Å². The number of halogens is 1. The number of nitrogens with one attached hydrogen (secondary N) is 1. The predicted molar refractivity (Wildman–Crippen MR) is 81.4 cm³/mol. The van der Waals surface area contributed by atoms with Gasteiger partial charge in [0.05, 0.1) is 0 Å². The Bertz CT molecular complexity index is 640. The molecule has 2 aromatic rings. The highest BCUT2D eigenvalue weighted by molar-refractivity contribution is 6.29. The van der Waals surface area contributed by atoms with Gasteiger partial charge < -0.3 is 10.1 Å². The van der Waals surface area contributed by atoms with E-state index in [1.165, 1.54) is 11.1 Å². The number of rotatable bonds is 3. The van der Waals surface area contributed by atoms with E-state index in [2.05, 4.69) is 42.3 Å². The number of benzene rings is 1. The molecule has 3 nitrogen and oxygen atoms in total. The molecule has 0 radical (unpaired) electrons. The number of pyridine rings is 1. The molecule has 0 saturated carbocycles. The average molecular weight is 289 g/mol. The van der Waals surface area contributed by atoms with Crippen molar-refractivity contribution in [2.45, 2.75) is 32.4 Å². The Labute approximate surface area is 123 Å². The van der Waals surface area contributed by atoms with Crippen LogP contribution in [0.3, 0.4) is 0 Å². The number of hydrogen-bond donors (Lipinski definition) is 1. The van der Waals surface area contributed by atoms with Gasteiger partial charge in [-0.1, -0.05) is 29.8 Å². The summed E-state index contributed by atoms with van der Waals surface area (Å²) < 4.78 is 6.06. The van der Waals surface area contributed by atoms with E-state index in [9.17, 15) is 0 Å². The minimum absolute atomic E-state index is 0.113. The summed E-state index contributed by atoms with van der Waals surface area (Å²) in [5, 5.41) is 3.85. The molecule has 1 aromatic heterocycles. The Kier molecular flexibility index (Phi) is 3.30. The molecule has 1 aromatic carbocycles. The molecular formula is C16H17ClN2O. The van der Waals surface area contributed by atoms with Crippen molar-refractivity contribution in [2.75, 3.05) is 5.32 Å². The first-order valence-corrected chi connectivity index (χ1v) is 7.06. The maximum absolute atomic E-state index is 6.06. The van der Waals surface area contributed by atoms with E-state index in [1.54, 1.807) is 6.20 Å². The lowest BCUT2D eigenvalue weighted by molar-refractivity contribution is 0.137. The minimum atomic E-state index is -0.113. The van der Waals surface area contributed by atoms with Gasteiger partial charge in [0.1, 0.15) is 16.5 Å². The van der Waals surface area contributed by atoms with Crippen LogP contribution in [0.25, 0.3) is 0 Å². The zero-order valence-corrected chi connectivity index (χ0v) is 12.4. The third-order valence-electron chi connectivity index (χ3n) is 3.38. The van der Waals surface area contributed by atoms with E-state index in [0.29, 0.717) is 11.7 Å². The number of aromatic nitrogens is 1. The second kappa shape index (κ2) is 4.98. The summed E-state index contributed by atoms with van der Waals surface area (Å²) in [5.74, 6) is 1.02. The van der Waals surface area contributed by atoms with Crippen LogP contribution in [0, 0.1) is 0 Å². The lowest BCUT2D eigenvalue weighted by atomic mass is 10.0. The Morgan fingerprint density at radius 3 is 3.00 bits per heavy atom. The fourth-order valence-electron chi connectivity index (χ4n) is 2.53. The average Bonchev–Trinajstić information content (AvgIpc) is 2.71. The third kappa shape index (κ3) is 2.73. The summed E-state index contributed by atoms with van der Waals surface area (Å²) in [4.78, 5) is 3.97. The molecule has 0 fully saturated rings. The van der Waals surface area contributed by atoms with E-state index in [1.807, 2.05) is 12.1 Å². The summed E-state index contributed by atoms with van der Waals surface area (Å²) in [6, 6.07) is 10.0. The van der Waals surface area contributed by atoms with Crippen LogP contribution in [-0.4, -0.2) is 10.6 Å². The highest BCUT2D eigenvalue weighted by Gasteiger charge is 2.31. The second-order valence-electron chi connectivity index (χ2n) is 5.66. The molecule has 0 aliphatic carbocycles. The Hall–Kier alpha value is -1.74. The van der Waals surface area contributed by atoms with E-state index < -0.39 is 0 Å². The summed E-state index contributed by atoms with van der Waals surface area (Å²) in [7, 11) is 0. The molecule has 0 atom stereocenters. The first kappa shape index (κ1) is 13.3. The number of nitrogens with zero attached hydrogens (tertiary/aromatic N) is 1. The molecule has 0 bridgehead atoms. The molecular weight excluding hydrogens is 272 g/mol. The van der Waals surface area contributed by atoms with Crippen molar-refractivity contribution >= 4 is 17.3 Å². The summed E-state index contributed by atoms with van der Waals surface area (Å²) >= 11 is 5.88. The van der Waals surface area contributed by atoms with Crippen LogP contribution >= 0.6 is 11.6 Å². The molecule has 0 spiro atoms. The third-order valence-corrected chi connectivity index (χ3v) is 3.59. The molecule has 4 heteroatoms. The Morgan fingerprint density at radius 2 is 2.20 bits per heavy atom. The number of hydrogen-bond acceptors (Lipinski definition) is 3. The molecule has 0 unspecified atom stereocenters. The van der Waals surface area contributed by atoms with E-state index >= 15 is 0 Å². The molecule has 1 aliphatic heterocycles. The fourth-order valence-corrected chi connectivity index (χ4v) is 2.70. The van der Waals surface area contributed by atoms with Crippen molar-refractivity contribution in [1.82, 2.24) is 4.98 Å². The van der Waals surface area contributed by atoms with Crippen molar-refractivity contribution in [3.05, 3.63) is 52.8 Å². The van der Waals surface area contributed by atoms with Crippen molar-refractivity contribution < 1.29 is 4.74 Å². The summed E-state index contributed by atoms with van der Waals surface area (Å²) in [6.07, 6.45) is 2.65. The predicted octanol–water partition coefficient (Wildman–Crippen LogP) is 4.06. The summed E-state index contributed by atoms with van der Waals surface area (Å²) in [5.41, 5.74) is 3.29. The van der Waals surface area contributed by atoms with Gasteiger partial charge in [0, 0.05) is 30.4 Å². The van der Waals surface area contributed by atoms with Crippen LogP contribution < -0.4 is 10.1 Å². The normalized spacial score (nSPS) is 15.6. The van der Waals surface area contributed by atoms with Crippen LogP contribution in [0.1, 0.15) is 25.0 Å². The standard InChI is InChI=1S/C16H17ClN2O/c1-16(2)9-11-4-3-5-12(15(11)20-16)10-19-13-6-7-18-14(17)8-13/h3-8H,9-10H2,1-2H3,(H,18,19).